The number of rotatable bonds is 7. The normalized spacial score (nSPS) is 13.7. The van der Waals surface area contributed by atoms with Gasteiger partial charge in [0.1, 0.15) is 5.75 Å². The van der Waals surface area contributed by atoms with Gasteiger partial charge < -0.3 is 15.4 Å². The van der Waals surface area contributed by atoms with Crippen LogP contribution in [-0.4, -0.2) is 38.4 Å². The molecule has 1 aliphatic rings. The Bertz CT molecular complexity index is 536. The van der Waals surface area contributed by atoms with E-state index < -0.39 is 0 Å². The van der Waals surface area contributed by atoms with Gasteiger partial charge in [0, 0.05) is 42.9 Å². The lowest BCUT2D eigenvalue weighted by atomic mass is 10.0. The van der Waals surface area contributed by atoms with Gasteiger partial charge >= 0.3 is 0 Å². The molecule has 7 heteroatoms. The summed E-state index contributed by atoms with van der Waals surface area (Å²) in [6, 6.07) is 5.27. The third-order valence-corrected chi connectivity index (χ3v) is 3.99. The van der Waals surface area contributed by atoms with Crippen molar-refractivity contribution >= 4 is 40.0 Å². The van der Waals surface area contributed by atoms with Crippen molar-refractivity contribution in [2.24, 2.45) is 5.92 Å². The van der Waals surface area contributed by atoms with Gasteiger partial charge in [-0.15, -0.1) is 12.4 Å². The number of nitrogens with one attached hydrogen (secondary N) is 2. The Morgan fingerprint density at radius 1 is 1.36 bits per heavy atom. The monoisotopic (exact) mass is 390 g/mol. The highest BCUT2D eigenvalue weighted by atomic mass is 79.9. The highest BCUT2D eigenvalue weighted by molar-refractivity contribution is 9.10. The average molecular weight is 392 g/mol. The van der Waals surface area contributed by atoms with Crippen molar-refractivity contribution in [3.63, 3.8) is 0 Å². The molecular weight excluding hydrogens is 372 g/mol. The molecule has 1 amide bonds. The van der Waals surface area contributed by atoms with Crippen molar-refractivity contribution < 1.29 is 14.3 Å². The molecule has 2 N–H and O–H groups in total. The van der Waals surface area contributed by atoms with Gasteiger partial charge in [-0.3, -0.25) is 9.59 Å². The maximum absolute atomic E-state index is 12.2. The van der Waals surface area contributed by atoms with E-state index in [-0.39, 0.29) is 36.9 Å². The Kier molecular flexibility index (Phi) is 7.85. The van der Waals surface area contributed by atoms with E-state index in [0.29, 0.717) is 23.8 Å². The Morgan fingerprint density at radius 3 is 2.68 bits per heavy atom. The Hall–Kier alpha value is -1.11. The van der Waals surface area contributed by atoms with E-state index in [1.165, 1.54) is 7.11 Å². The first kappa shape index (κ1) is 18.9. The summed E-state index contributed by atoms with van der Waals surface area (Å²) in [4.78, 5) is 23.9. The van der Waals surface area contributed by atoms with Gasteiger partial charge in [-0.1, -0.05) is 15.9 Å². The summed E-state index contributed by atoms with van der Waals surface area (Å²) >= 11 is 3.34. The highest BCUT2D eigenvalue weighted by Crippen LogP contribution is 2.24. The summed E-state index contributed by atoms with van der Waals surface area (Å²) in [5.74, 6) is 0.886. The predicted octanol–water partition coefficient (Wildman–Crippen LogP) is 2.18. The van der Waals surface area contributed by atoms with Crippen LogP contribution in [0.1, 0.15) is 23.2 Å². The van der Waals surface area contributed by atoms with E-state index in [1.807, 2.05) is 6.07 Å². The molecule has 1 aliphatic heterocycles. The van der Waals surface area contributed by atoms with E-state index in [0.717, 1.165) is 17.6 Å². The number of methoxy groups -OCH3 is 1. The molecule has 0 bridgehead atoms. The largest absolute Gasteiger partial charge is 0.496 e. The number of benzene rings is 1. The average Bonchev–Trinajstić information content (AvgIpc) is 2.43. The molecule has 1 aromatic rings. The first-order valence-corrected chi connectivity index (χ1v) is 7.73. The topological polar surface area (TPSA) is 67.4 Å². The van der Waals surface area contributed by atoms with Crippen LogP contribution in [0.25, 0.3) is 0 Å². The van der Waals surface area contributed by atoms with Crippen LogP contribution in [0.3, 0.4) is 0 Å². The molecule has 0 spiro atoms. The minimum absolute atomic E-state index is 0. The van der Waals surface area contributed by atoms with Gasteiger partial charge in [0.2, 0.25) is 5.91 Å². The van der Waals surface area contributed by atoms with Crippen LogP contribution in [0.15, 0.2) is 22.7 Å². The maximum Gasteiger partial charge on any atom is 0.220 e. The molecule has 1 saturated heterocycles. The Labute approximate surface area is 144 Å². The number of Topliss-reactive ketones (excluding diaryl/α,β-unsaturated/α-hetero) is 1. The van der Waals surface area contributed by atoms with Crippen LogP contribution in [0.5, 0.6) is 5.75 Å². The minimum Gasteiger partial charge on any atom is -0.496 e. The SMILES string of the molecule is COc1ccc(Br)cc1C(=O)CCC(=O)NCC1CNC1.Cl. The van der Waals surface area contributed by atoms with Gasteiger partial charge in [0.25, 0.3) is 0 Å². The molecule has 0 saturated carbocycles. The van der Waals surface area contributed by atoms with E-state index >= 15 is 0 Å². The second kappa shape index (κ2) is 9.12. The summed E-state index contributed by atoms with van der Waals surface area (Å²) in [5, 5.41) is 6.01. The quantitative estimate of drug-likeness (QED) is 0.699. The molecule has 0 atom stereocenters. The highest BCUT2D eigenvalue weighted by Gasteiger charge is 2.18. The lowest BCUT2D eigenvalue weighted by molar-refractivity contribution is -0.121. The van der Waals surface area contributed by atoms with Crippen molar-refractivity contribution in [1.29, 1.82) is 0 Å². The fraction of sp³-hybridized carbons (Fsp3) is 0.467. The first-order valence-electron chi connectivity index (χ1n) is 6.94. The van der Waals surface area contributed by atoms with Crippen LogP contribution in [-0.2, 0) is 4.79 Å². The van der Waals surface area contributed by atoms with Gasteiger partial charge in [-0.25, -0.2) is 0 Å². The van der Waals surface area contributed by atoms with Crippen molar-refractivity contribution in [2.45, 2.75) is 12.8 Å². The zero-order valence-corrected chi connectivity index (χ0v) is 14.8. The summed E-state index contributed by atoms with van der Waals surface area (Å²) < 4.78 is 5.99. The number of ketones is 1. The van der Waals surface area contributed by atoms with Gasteiger partial charge in [0.15, 0.2) is 5.78 Å². The molecule has 22 heavy (non-hydrogen) atoms. The van der Waals surface area contributed by atoms with Crippen LogP contribution < -0.4 is 15.4 Å². The second-order valence-corrected chi connectivity index (χ2v) is 6.01. The molecule has 122 valence electrons. The summed E-state index contributed by atoms with van der Waals surface area (Å²) in [5.41, 5.74) is 0.503. The molecule has 1 aromatic carbocycles. The molecule has 0 aliphatic carbocycles. The summed E-state index contributed by atoms with van der Waals surface area (Å²) in [6.07, 6.45) is 0.385. The number of hydrogen-bond acceptors (Lipinski definition) is 4. The van der Waals surface area contributed by atoms with Gasteiger partial charge in [-0.05, 0) is 18.2 Å². The number of halogens is 2. The number of carbonyl (C=O) groups excluding carboxylic acids is 2. The molecule has 1 fully saturated rings. The number of carbonyl (C=O) groups is 2. The summed E-state index contributed by atoms with van der Waals surface area (Å²) in [6.45, 7) is 2.59. The van der Waals surface area contributed by atoms with Crippen molar-refractivity contribution in [1.82, 2.24) is 10.6 Å². The standard InChI is InChI=1S/C15H19BrN2O3.ClH/c1-21-14-4-2-11(16)6-12(14)13(19)3-5-15(20)18-9-10-7-17-8-10;/h2,4,6,10,17H,3,5,7-9H2,1H3,(H,18,20);1H. The lowest BCUT2D eigenvalue weighted by Crippen LogP contribution is -2.48. The molecule has 5 nitrogen and oxygen atoms in total. The number of amides is 1. The molecule has 1 heterocycles. The lowest BCUT2D eigenvalue weighted by Gasteiger charge is -2.27. The molecule has 2 rings (SSSR count). The van der Waals surface area contributed by atoms with Crippen LogP contribution in [0.2, 0.25) is 0 Å². The second-order valence-electron chi connectivity index (χ2n) is 5.10. The smallest absolute Gasteiger partial charge is 0.220 e. The van der Waals surface area contributed by atoms with Crippen molar-refractivity contribution in [2.75, 3.05) is 26.7 Å². The fourth-order valence-corrected chi connectivity index (χ4v) is 2.46. The van der Waals surface area contributed by atoms with E-state index in [1.54, 1.807) is 12.1 Å². The third kappa shape index (κ3) is 5.26. The van der Waals surface area contributed by atoms with Crippen LogP contribution in [0.4, 0.5) is 0 Å². The molecule has 0 radical (unpaired) electrons. The Morgan fingerprint density at radius 2 is 2.09 bits per heavy atom. The molecule has 0 unspecified atom stereocenters. The first-order chi connectivity index (χ1) is 10.1. The zero-order chi connectivity index (χ0) is 15.2. The minimum atomic E-state index is -0.0892. The van der Waals surface area contributed by atoms with E-state index in [2.05, 4.69) is 26.6 Å². The third-order valence-electron chi connectivity index (χ3n) is 3.49. The number of hydrogen-bond donors (Lipinski definition) is 2. The van der Waals surface area contributed by atoms with E-state index in [4.69, 9.17) is 4.74 Å². The van der Waals surface area contributed by atoms with Crippen LogP contribution in [0, 0.1) is 5.92 Å². The fourth-order valence-electron chi connectivity index (χ4n) is 2.10. The van der Waals surface area contributed by atoms with Crippen molar-refractivity contribution in [3.8, 4) is 5.75 Å². The van der Waals surface area contributed by atoms with Gasteiger partial charge in [-0.2, -0.15) is 0 Å². The molecule has 0 aromatic heterocycles. The maximum atomic E-state index is 12.2. The predicted molar refractivity (Wildman–Crippen MR) is 90.9 cm³/mol. The van der Waals surface area contributed by atoms with E-state index in [9.17, 15) is 9.59 Å². The van der Waals surface area contributed by atoms with Crippen LogP contribution >= 0.6 is 28.3 Å². The molecular formula is C15H20BrClN2O3. The van der Waals surface area contributed by atoms with Gasteiger partial charge in [0.05, 0.1) is 12.7 Å². The van der Waals surface area contributed by atoms with Crippen molar-refractivity contribution in [3.05, 3.63) is 28.2 Å². The summed E-state index contributed by atoms with van der Waals surface area (Å²) in [7, 11) is 1.53. The number of ether oxygens (including phenoxy) is 1. The zero-order valence-electron chi connectivity index (χ0n) is 12.4. The Balaban J connectivity index is 0.00000242.